The first-order valence-corrected chi connectivity index (χ1v) is 9.02. The molecule has 5 rings (SSSR count). The van der Waals surface area contributed by atoms with E-state index in [-0.39, 0.29) is 11.4 Å². The molecule has 1 saturated heterocycles. The van der Waals surface area contributed by atoms with E-state index in [1.807, 2.05) is 24.9 Å². The Balaban J connectivity index is 1.44. The number of aromatic nitrogens is 5. The first-order valence-electron chi connectivity index (χ1n) is 9.02. The van der Waals surface area contributed by atoms with E-state index in [4.69, 9.17) is 5.10 Å². The van der Waals surface area contributed by atoms with Crippen LogP contribution in [0.25, 0.3) is 22.3 Å². The molecule has 2 amide bonds. The molecule has 3 aromatic heterocycles. The first kappa shape index (κ1) is 15.4. The van der Waals surface area contributed by atoms with Crippen molar-refractivity contribution in [2.45, 2.75) is 32.2 Å². The third-order valence-electron chi connectivity index (χ3n) is 5.62. The van der Waals surface area contributed by atoms with Crippen molar-refractivity contribution in [3.8, 4) is 11.3 Å². The van der Waals surface area contributed by atoms with Crippen LogP contribution in [0.1, 0.15) is 24.7 Å². The Bertz CT molecular complexity index is 1010. The number of carbonyl (C=O) groups excluding carboxylic acids is 1. The molecule has 2 aliphatic heterocycles. The molecule has 134 valence electrons. The Morgan fingerprint density at radius 3 is 3.04 bits per heavy atom. The second kappa shape index (κ2) is 5.30. The van der Waals surface area contributed by atoms with E-state index < -0.39 is 0 Å². The second-order valence-corrected chi connectivity index (χ2v) is 7.30. The lowest BCUT2D eigenvalue weighted by Gasteiger charge is -2.47. The van der Waals surface area contributed by atoms with Crippen LogP contribution < -0.4 is 5.32 Å². The first-order chi connectivity index (χ1) is 12.6. The zero-order valence-corrected chi connectivity index (χ0v) is 14.9. The fourth-order valence-electron chi connectivity index (χ4n) is 4.17. The largest absolute Gasteiger partial charge is 0.338 e. The van der Waals surface area contributed by atoms with Crippen molar-refractivity contribution >= 4 is 17.1 Å². The smallest absolute Gasteiger partial charge is 0.317 e. The zero-order valence-electron chi connectivity index (χ0n) is 14.9. The molecule has 1 fully saturated rings. The number of H-pyrrole nitrogens is 1. The number of urea groups is 1. The van der Waals surface area contributed by atoms with Gasteiger partial charge >= 0.3 is 6.03 Å². The summed E-state index contributed by atoms with van der Waals surface area (Å²) in [4.78, 5) is 18.3. The van der Waals surface area contributed by atoms with Gasteiger partial charge in [0.15, 0.2) is 5.65 Å². The van der Waals surface area contributed by atoms with Gasteiger partial charge < -0.3 is 10.2 Å². The van der Waals surface area contributed by atoms with Crippen molar-refractivity contribution in [1.29, 1.82) is 0 Å². The van der Waals surface area contributed by atoms with E-state index in [0.29, 0.717) is 6.54 Å². The number of pyridine rings is 1. The van der Waals surface area contributed by atoms with Crippen LogP contribution in [0.3, 0.4) is 0 Å². The monoisotopic (exact) mass is 351 g/mol. The molecule has 2 N–H and O–H groups in total. The second-order valence-electron chi connectivity index (χ2n) is 7.30. The third-order valence-corrected chi connectivity index (χ3v) is 5.62. The van der Waals surface area contributed by atoms with E-state index in [2.05, 4.69) is 37.3 Å². The average molecular weight is 351 g/mol. The Labute approximate surface area is 150 Å². The molecule has 0 saturated carbocycles. The zero-order chi connectivity index (χ0) is 17.9. The third kappa shape index (κ3) is 2.07. The summed E-state index contributed by atoms with van der Waals surface area (Å²) in [6, 6.07) is 4.29. The Hall–Kier alpha value is -2.90. The molecule has 0 aromatic carbocycles. The molecule has 8 heteroatoms. The Morgan fingerprint density at radius 1 is 1.38 bits per heavy atom. The van der Waals surface area contributed by atoms with Gasteiger partial charge in [0.1, 0.15) is 0 Å². The number of amides is 2. The molecule has 0 radical (unpaired) electrons. The predicted molar refractivity (Wildman–Crippen MR) is 96.8 cm³/mol. The number of aromatic amines is 1. The van der Waals surface area contributed by atoms with E-state index in [1.165, 1.54) is 5.69 Å². The molecule has 5 heterocycles. The van der Waals surface area contributed by atoms with Crippen LogP contribution in [0.15, 0.2) is 18.3 Å². The number of nitrogens with zero attached hydrogens (tertiary/aromatic N) is 5. The van der Waals surface area contributed by atoms with Crippen molar-refractivity contribution in [3.63, 3.8) is 0 Å². The van der Waals surface area contributed by atoms with Gasteiger partial charge in [0.05, 0.1) is 5.69 Å². The van der Waals surface area contributed by atoms with Crippen LogP contribution in [0, 0.1) is 6.92 Å². The minimum Gasteiger partial charge on any atom is -0.338 e. The van der Waals surface area contributed by atoms with Crippen molar-refractivity contribution in [2.75, 3.05) is 19.6 Å². The summed E-state index contributed by atoms with van der Waals surface area (Å²) < 4.78 is 2.09. The normalized spacial score (nSPS) is 17.5. The highest BCUT2D eigenvalue weighted by molar-refractivity contribution is 5.82. The van der Waals surface area contributed by atoms with E-state index in [0.717, 1.165) is 54.0 Å². The number of carbonyl (C=O) groups is 1. The summed E-state index contributed by atoms with van der Waals surface area (Å²) in [6.45, 7) is 7.03. The standard InChI is InChI=1S/C18H21N7O/c1-3-19-17(26)24-9-18(10-24)4-5-25-15(18)7-14(23-25)12-6-13-11(2)21-22-16(13)20-8-12/h6-8H,3-5,9-10H2,1-2H3,(H,19,26)(H,20,21,22). The molecule has 0 atom stereocenters. The van der Waals surface area contributed by atoms with Gasteiger partial charge in [0.25, 0.3) is 0 Å². The quantitative estimate of drug-likeness (QED) is 0.737. The van der Waals surface area contributed by atoms with Gasteiger partial charge in [-0.2, -0.15) is 10.2 Å². The number of fused-ring (bicyclic) bond motifs is 3. The summed E-state index contributed by atoms with van der Waals surface area (Å²) in [6.07, 6.45) is 2.87. The maximum Gasteiger partial charge on any atom is 0.317 e. The van der Waals surface area contributed by atoms with Crippen LogP contribution in [-0.4, -0.2) is 55.5 Å². The number of likely N-dealkylation sites (tertiary alicyclic amines) is 1. The summed E-state index contributed by atoms with van der Waals surface area (Å²) in [5.74, 6) is 0. The topological polar surface area (TPSA) is 91.7 Å². The van der Waals surface area contributed by atoms with Gasteiger partial charge in [-0.25, -0.2) is 9.78 Å². The van der Waals surface area contributed by atoms with Crippen LogP contribution in [-0.2, 0) is 12.0 Å². The number of hydrogen-bond acceptors (Lipinski definition) is 4. The predicted octanol–water partition coefficient (Wildman–Crippen LogP) is 1.82. The number of hydrogen-bond donors (Lipinski definition) is 2. The fraction of sp³-hybridized carbons (Fsp3) is 0.444. The maximum atomic E-state index is 12.0. The minimum atomic E-state index is 0.0291. The highest BCUT2D eigenvalue weighted by atomic mass is 16.2. The molecule has 26 heavy (non-hydrogen) atoms. The summed E-state index contributed by atoms with van der Waals surface area (Å²) in [7, 11) is 0. The highest BCUT2D eigenvalue weighted by Crippen LogP contribution is 2.43. The van der Waals surface area contributed by atoms with Crippen molar-refractivity contribution in [3.05, 3.63) is 29.7 Å². The average Bonchev–Trinajstić information content (AvgIpc) is 3.27. The van der Waals surface area contributed by atoms with Gasteiger partial charge in [-0.3, -0.25) is 9.78 Å². The van der Waals surface area contributed by atoms with Gasteiger partial charge in [-0.15, -0.1) is 0 Å². The molecule has 2 aliphatic rings. The molecular weight excluding hydrogens is 330 g/mol. The Morgan fingerprint density at radius 2 is 2.23 bits per heavy atom. The van der Waals surface area contributed by atoms with Crippen molar-refractivity contribution < 1.29 is 4.79 Å². The highest BCUT2D eigenvalue weighted by Gasteiger charge is 2.51. The lowest BCUT2D eigenvalue weighted by atomic mass is 9.76. The number of rotatable bonds is 2. The molecule has 0 aliphatic carbocycles. The van der Waals surface area contributed by atoms with E-state index in [1.54, 1.807) is 0 Å². The lowest BCUT2D eigenvalue weighted by Crippen LogP contribution is -2.62. The van der Waals surface area contributed by atoms with Crippen LogP contribution >= 0.6 is 0 Å². The fourth-order valence-corrected chi connectivity index (χ4v) is 4.17. The van der Waals surface area contributed by atoms with Crippen LogP contribution in [0.2, 0.25) is 0 Å². The van der Waals surface area contributed by atoms with Crippen molar-refractivity contribution in [1.82, 2.24) is 35.2 Å². The Kier molecular flexibility index (Phi) is 3.13. The lowest BCUT2D eigenvalue weighted by molar-refractivity contribution is 0.0925. The molecule has 1 spiro atoms. The van der Waals surface area contributed by atoms with Gasteiger partial charge in [-0.1, -0.05) is 0 Å². The molecule has 3 aromatic rings. The van der Waals surface area contributed by atoms with Crippen LogP contribution in [0.5, 0.6) is 0 Å². The molecule has 8 nitrogen and oxygen atoms in total. The summed E-state index contributed by atoms with van der Waals surface area (Å²) in [5, 5.41) is 15.8. The van der Waals surface area contributed by atoms with Gasteiger partial charge in [0.2, 0.25) is 0 Å². The molecular formula is C18H21N7O. The molecule has 0 unspecified atom stereocenters. The van der Waals surface area contributed by atoms with Crippen molar-refractivity contribution in [2.24, 2.45) is 0 Å². The maximum absolute atomic E-state index is 12.0. The minimum absolute atomic E-state index is 0.0291. The van der Waals surface area contributed by atoms with Gasteiger partial charge in [-0.05, 0) is 32.4 Å². The SMILES string of the molecule is CCNC(=O)N1CC2(CCn3nc(-c4cnc5n[nH]c(C)c5c4)cc32)C1. The number of nitrogens with one attached hydrogen (secondary N) is 2. The summed E-state index contributed by atoms with van der Waals surface area (Å²) >= 11 is 0. The number of aryl methyl sites for hydroxylation is 2. The van der Waals surface area contributed by atoms with E-state index >= 15 is 0 Å². The molecule has 0 bridgehead atoms. The summed E-state index contributed by atoms with van der Waals surface area (Å²) in [5.41, 5.74) is 4.96. The van der Waals surface area contributed by atoms with Crippen LogP contribution in [0.4, 0.5) is 4.79 Å². The van der Waals surface area contributed by atoms with E-state index in [9.17, 15) is 4.79 Å². The van der Waals surface area contributed by atoms with Gasteiger partial charge in [0, 0.05) is 60.1 Å².